The number of carbonyl (C=O) groups excluding carboxylic acids is 1. The van der Waals surface area contributed by atoms with Crippen molar-refractivity contribution in [2.45, 2.75) is 33.2 Å². The highest BCUT2D eigenvalue weighted by Gasteiger charge is 2.34. The summed E-state index contributed by atoms with van der Waals surface area (Å²) in [5.74, 6) is 2.24. The largest absolute Gasteiger partial charge is 0.493 e. The van der Waals surface area contributed by atoms with Crippen molar-refractivity contribution in [2.24, 2.45) is 13.0 Å². The number of hydrogen-bond donors (Lipinski definition) is 0. The molecule has 182 valence electrons. The van der Waals surface area contributed by atoms with Gasteiger partial charge in [-0.2, -0.15) is 0 Å². The molecule has 0 unspecified atom stereocenters. The Balaban J connectivity index is 0.00000274. The topological polar surface area (TPSA) is 46.9 Å². The van der Waals surface area contributed by atoms with Gasteiger partial charge in [-0.3, -0.25) is 9.69 Å². The number of fused-ring (bicyclic) bond motifs is 3. The van der Waals surface area contributed by atoms with E-state index in [1.807, 2.05) is 35.2 Å². The van der Waals surface area contributed by atoms with Crippen LogP contribution in [0.3, 0.4) is 0 Å². The van der Waals surface area contributed by atoms with Crippen LogP contribution in [0.25, 0.3) is 10.9 Å². The predicted molar refractivity (Wildman–Crippen MR) is 139 cm³/mol. The van der Waals surface area contributed by atoms with E-state index >= 15 is 0 Å². The Bertz CT molecular complexity index is 1200. The number of hydrogen-bond acceptors (Lipinski definition) is 4. The van der Waals surface area contributed by atoms with Crippen LogP contribution in [0, 0.1) is 12.8 Å². The van der Waals surface area contributed by atoms with Gasteiger partial charge < -0.3 is 18.9 Å². The van der Waals surface area contributed by atoms with Gasteiger partial charge in [-0.1, -0.05) is 25.1 Å². The fourth-order valence-electron chi connectivity index (χ4n) is 5.27. The van der Waals surface area contributed by atoms with Crippen LogP contribution in [-0.2, 0) is 13.6 Å². The molecular formula is C27H34ClN3O3. The molecule has 1 saturated heterocycles. The highest BCUT2D eigenvalue weighted by Crippen LogP contribution is 2.39. The Hall–Kier alpha value is -2.70. The number of likely N-dealkylation sites (tertiary alicyclic amines) is 1. The van der Waals surface area contributed by atoms with Gasteiger partial charge >= 0.3 is 0 Å². The van der Waals surface area contributed by atoms with E-state index in [0.29, 0.717) is 24.7 Å². The number of ether oxygens (including phenoxy) is 2. The number of halogens is 1. The summed E-state index contributed by atoms with van der Waals surface area (Å²) in [7, 11) is 3.70. The number of para-hydroxylation sites is 1. The number of piperidine rings is 1. The molecule has 3 heterocycles. The van der Waals surface area contributed by atoms with Gasteiger partial charge in [0, 0.05) is 30.7 Å². The minimum Gasteiger partial charge on any atom is -0.493 e. The van der Waals surface area contributed by atoms with Gasteiger partial charge in [0.05, 0.1) is 30.4 Å². The number of benzene rings is 2. The lowest BCUT2D eigenvalue weighted by Crippen LogP contribution is -2.35. The second kappa shape index (κ2) is 9.88. The number of carbonyl (C=O) groups is 1. The van der Waals surface area contributed by atoms with Crippen molar-refractivity contribution in [3.63, 3.8) is 0 Å². The summed E-state index contributed by atoms with van der Waals surface area (Å²) in [6, 6.07) is 11.9. The van der Waals surface area contributed by atoms with Gasteiger partial charge in [0.15, 0.2) is 11.5 Å². The molecule has 7 heteroatoms. The molecule has 0 radical (unpaired) electrons. The molecule has 34 heavy (non-hydrogen) atoms. The average molecular weight is 484 g/mol. The van der Waals surface area contributed by atoms with Crippen molar-refractivity contribution >= 4 is 34.9 Å². The molecule has 2 aromatic carbocycles. The number of aromatic nitrogens is 1. The van der Waals surface area contributed by atoms with E-state index in [2.05, 4.69) is 36.4 Å². The lowest BCUT2D eigenvalue weighted by molar-refractivity contribution is 0.0998. The highest BCUT2D eigenvalue weighted by atomic mass is 35.5. The molecule has 0 aliphatic carbocycles. The molecule has 0 bridgehead atoms. The summed E-state index contributed by atoms with van der Waals surface area (Å²) in [5, 5.41) is 1.03. The number of aryl methyl sites for hydroxylation is 2. The number of rotatable bonds is 6. The molecule has 5 rings (SSSR count). The number of nitrogens with zero attached hydrogens (tertiary/aromatic N) is 3. The first-order chi connectivity index (χ1) is 16.0. The van der Waals surface area contributed by atoms with Crippen molar-refractivity contribution < 1.29 is 14.3 Å². The molecular weight excluding hydrogens is 450 g/mol. The molecule has 1 fully saturated rings. The first-order valence-corrected chi connectivity index (χ1v) is 11.9. The summed E-state index contributed by atoms with van der Waals surface area (Å²) in [4.78, 5) is 17.8. The van der Waals surface area contributed by atoms with E-state index < -0.39 is 0 Å². The maximum Gasteiger partial charge on any atom is 0.261 e. The maximum atomic E-state index is 13.5. The van der Waals surface area contributed by atoms with Crippen LogP contribution in [0.15, 0.2) is 36.4 Å². The normalized spacial score (nSPS) is 16.6. The Morgan fingerprint density at radius 1 is 1.09 bits per heavy atom. The van der Waals surface area contributed by atoms with Gasteiger partial charge in [0.2, 0.25) is 0 Å². The zero-order valence-electron chi connectivity index (χ0n) is 20.5. The summed E-state index contributed by atoms with van der Waals surface area (Å²) < 4.78 is 13.9. The average Bonchev–Trinajstić information content (AvgIpc) is 3.31. The van der Waals surface area contributed by atoms with E-state index in [1.165, 1.54) is 18.4 Å². The van der Waals surface area contributed by atoms with Crippen molar-refractivity contribution in [1.29, 1.82) is 0 Å². The molecule has 0 spiro atoms. The summed E-state index contributed by atoms with van der Waals surface area (Å²) in [6.07, 6.45) is 2.51. The quantitative estimate of drug-likeness (QED) is 0.484. The number of methoxy groups -OCH3 is 1. The molecule has 0 atom stereocenters. The van der Waals surface area contributed by atoms with E-state index in [9.17, 15) is 4.79 Å². The van der Waals surface area contributed by atoms with Gasteiger partial charge in [-0.05, 0) is 56.5 Å². The standard InChI is InChI=1S/C27H33N3O3.ClH/c1-18-10-12-29(13-11-18)14-15-33-24-16-20(8-9-23(24)32-4)30-17-22-25(27(30)31)21-7-5-6-19(2)26(21)28(22)3;/h5-9,16,18H,10-15,17H2,1-4H3;1H. The molecule has 6 nitrogen and oxygen atoms in total. The van der Waals surface area contributed by atoms with Crippen LogP contribution >= 0.6 is 12.4 Å². The van der Waals surface area contributed by atoms with Crippen LogP contribution in [0.1, 0.15) is 41.4 Å². The second-order valence-electron chi connectivity index (χ2n) is 9.45. The summed E-state index contributed by atoms with van der Waals surface area (Å²) in [6.45, 7) is 8.75. The summed E-state index contributed by atoms with van der Waals surface area (Å²) in [5.41, 5.74) is 5.03. The van der Waals surface area contributed by atoms with Crippen molar-refractivity contribution in [3.8, 4) is 11.5 Å². The molecule has 0 saturated carbocycles. The van der Waals surface area contributed by atoms with Crippen LogP contribution in [0.5, 0.6) is 11.5 Å². The first kappa shape index (κ1) is 24.4. The smallest absolute Gasteiger partial charge is 0.261 e. The SMILES string of the molecule is COc1ccc(N2Cc3c(c4cccc(C)c4n3C)C2=O)cc1OCCN1CCC(C)CC1.Cl. The third-order valence-electron chi connectivity index (χ3n) is 7.30. The third kappa shape index (κ3) is 4.25. The lowest BCUT2D eigenvalue weighted by Gasteiger charge is -2.30. The molecule has 2 aliphatic heterocycles. The van der Waals surface area contributed by atoms with E-state index in [0.717, 1.165) is 53.4 Å². The highest BCUT2D eigenvalue weighted by molar-refractivity contribution is 6.18. The van der Waals surface area contributed by atoms with Gasteiger partial charge in [0.25, 0.3) is 5.91 Å². The van der Waals surface area contributed by atoms with Crippen LogP contribution < -0.4 is 14.4 Å². The number of amides is 1. The monoisotopic (exact) mass is 483 g/mol. The lowest BCUT2D eigenvalue weighted by atomic mass is 9.99. The van der Waals surface area contributed by atoms with Crippen molar-refractivity contribution in [3.05, 3.63) is 53.2 Å². The van der Waals surface area contributed by atoms with Crippen molar-refractivity contribution in [1.82, 2.24) is 9.47 Å². The predicted octanol–water partition coefficient (Wildman–Crippen LogP) is 5.19. The Labute approximate surface area is 207 Å². The zero-order valence-corrected chi connectivity index (χ0v) is 21.3. The minimum atomic E-state index is 0. The maximum absolute atomic E-state index is 13.5. The van der Waals surface area contributed by atoms with E-state index in [1.54, 1.807) is 7.11 Å². The van der Waals surface area contributed by atoms with Crippen LogP contribution in [0.4, 0.5) is 5.69 Å². The Morgan fingerprint density at radius 2 is 1.85 bits per heavy atom. The number of anilines is 1. The van der Waals surface area contributed by atoms with Crippen LogP contribution in [0.2, 0.25) is 0 Å². The first-order valence-electron chi connectivity index (χ1n) is 11.9. The van der Waals surface area contributed by atoms with Gasteiger partial charge in [-0.25, -0.2) is 0 Å². The molecule has 2 aliphatic rings. The third-order valence-corrected chi connectivity index (χ3v) is 7.30. The Kier molecular flexibility index (Phi) is 7.10. The molecule has 3 aromatic rings. The van der Waals surface area contributed by atoms with Crippen molar-refractivity contribution in [2.75, 3.05) is 38.3 Å². The molecule has 0 N–H and O–H groups in total. The molecule has 1 amide bonds. The van der Waals surface area contributed by atoms with Gasteiger partial charge in [-0.15, -0.1) is 12.4 Å². The fraction of sp³-hybridized carbons (Fsp3) is 0.444. The zero-order chi connectivity index (χ0) is 23.1. The molecule has 1 aromatic heterocycles. The summed E-state index contributed by atoms with van der Waals surface area (Å²) >= 11 is 0. The minimum absolute atomic E-state index is 0. The second-order valence-corrected chi connectivity index (χ2v) is 9.45. The van der Waals surface area contributed by atoms with Gasteiger partial charge in [0.1, 0.15) is 6.61 Å². The fourth-order valence-corrected chi connectivity index (χ4v) is 5.27. The van der Waals surface area contributed by atoms with E-state index in [4.69, 9.17) is 9.47 Å². The van der Waals surface area contributed by atoms with E-state index in [-0.39, 0.29) is 18.3 Å². The Morgan fingerprint density at radius 3 is 2.59 bits per heavy atom. The van der Waals surface area contributed by atoms with Crippen LogP contribution in [-0.4, -0.2) is 48.7 Å².